The second-order valence-corrected chi connectivity index (χ2v) is 6.48. The van der Waals surface area contributed by atoms with Gasteiger partial charge in [-0.1, -0.05) is 50.1 Å². The van der Waals surface area contributed by atoms with E-state index in [1.54, 1.807) is 12.1 Å². The van der Waals surface area contributed by atoms with Crippen molar-refractivity contribution in [3.63, 3.8) is 0 Å². The Hall–Kier alpha value is -2.90. The van der Waals surface area contributed by atoms with E-state index in [-0.39, 0.29) is 38.2 Å². The lowest BCUT2D eigenvalue weighted by atomic mass is 10.1. The van der Waals surface area contributed by atoms with Crippen LogP contribution in [-0.2, 0) is 25.7 Å². The summed E-state index contributed by atoms with van der Waals surface area (Å²) in [6.45, 7) is 3.14. The third-order valence-electron chi connectivity index (χ3n) is 3.91. The summed E-state index contributed by atoms with van der Waals surface area (Å²) in [5, 5.41) is 5.16. The van der Waals surface area contributed by atoms with Gasteiger partial charge in [-0.3, -0.25) is 14.5 Å². The highest BCUT2D eigenvalue weighted by Gasteiger charge is 2.22. The third kappa shape index (κ3) is 9.70. The number of ether oxygens (including phenoxy) is 1. The Morgan fingerprint density at radius 3 is 2.46 bits per heavy atom. The van der Waals surface area contributed by atoms with Crippen molar-refractivity contribution in [3.8, 4) is 0 Å². The molecule has 1 rings (SSSR count). The topological polar surface area (TPSA) is 105 Å². The molecule has 3 amide bonds. The van der Waals surface area contributed by atoms with Gasteiger partial charge in [-0.15, -0.1) is 0 Å². The van der Waals surface area contributed by atoms with Gasteiger partial charge in [-0.05, 0) is 18.9 Å². The Morgan fingerprint density at radius 2 is 1.82 bits per heavy atom. The summed E-state index contributed by atoms with van der Waals surface area (Å²) in [6.07, 6.45) is 2.60. The van der Waals surface area contributed by atoms with Crippen LogP contribution in [0, 0.1) is 0 Å². The van der Waals surface area contributed by atoms with Gasteiger partial charge in [0, 0.05) is 6.04 Å². The minimum absolute atomic E-state index is 0.0284. The molecule has 0 aliphatic heterocycles. The molecule has 1 aromatic rings. The maximum Gasteiger partial charge on any atom is 0.411 e. The van der Waals surface area contributed by atoms with E-state index in [0.717, 1.165) is 29.7 Å². The Bertz CT molecular complexity index is 636. The number of nitrogens with one attached hydrogen (secondary N) is 2. The number of benzene rings is 1. The molecule has 1 aromatic carbocycles. The molecule has 2 N–H and O–H groups in total. The van der Waals surface area contributed by atoms with Crippen LogP contribution in [0.4, 0.5) is 4.79 Å². The predicted octanol–water partition coefficient (Wildman–Crippen LogP) is 1.64. The fourth-order valence-corrected chi connectivity index (χ4v) is 2.46. The van der Waals surface area contributed by atoms with Crippen molar-refractivity contribution >= 4 is 24.2 Å². The molecule has 0 aromatic heterocycles. The number of rotatable bonds is 12. The van der Waals surface area contributed by atoms with Gasteiger partial charge in [0.25, 0.3) is 0 Å². The molecule has 1 atom stereocenters. The van der Waals surface area contributed by atoms with E-state index in [1.807, 2.05) is 25.1 Å². The lowest BCUT2D eigenvalue weighted by Crippen LogP contribution is -2.47. The van der Waals surface area contributed by atoms with Crippen LogP contribution in [0.15, 0.2) is 30.3 Å². The Balaban J connectivity index is 2.65. The van der Waals surface area contributed by atoms with Crippen molar-refractivity contribution in [2.45, 2.75) is 45.8 Å². The number of carbonyl (C=O) groups excluding carboxylic acids is 4. The molecule has 0 fully saturated rings. The molecule has 8 nitrogen and oxygen atoms in total. The Kier molecular flexibility index (Phi) is 11.0. The normalized spacial score (nSPS) is 11.2. The van der Waals surface area contributed by atoms with Crippen LogP contribution in [0.2, 0.25) is 0 Å². The average molecular weight is 391 g/mol. The molecule has 0 saturated heterocycles. The van der Waals surface area contributed by atoms with Crippen LogP contribution >= 0.6 is 0 Å². The summed E-state index contributed by atoms with van der Waals surface area (Å²) < 4.78 is 5.22. The number of carbonyl (C=O) groups is 4. The Morgan fingerprint density at radius 1 is 1.14 bits per heavy atom. The van der Waals surface area contributed by atoms with Crippen LogP contribution in [0.3, 0.4) is 0 Å². The first-order valence-electron chi connectivity index (χ1n) is 9.41. The monoisotopic (exact) mass is 391 g/mol. The molecule has 0 heterocycles. The van der Waals surface area contributed by atoms with Gasteiger partial charge >= 0.3 is 6.09 Å². The molecular formula is C20H29N3O5. The average Bonchev–Trinajstić information content (AvgIpc) is 2.69. The van der Waals surface area contributed by atoms with Gasteiger partial charge < -0.3 is 20.2 Å². The second kappa shape index (κ2) is 13.3. The van der Waals surface area contributed by atoms with E-state index < -0.39 is 12.0 Å². The first-order valence-corrected chi connectivity index (χ1v) is 9.41. The SMILES string of the molecule is CCCCC(C)NC(=O)CN(CC(=O)NCC=O)C(=O)OCc1ccccc1. The minimum Gasteiger partial charge on any atom is -0.445 e. The van der Waals surface area contributed by atoms with Crippen molar-refractivity contribution in [2.75, 3.05) is 19.6 Å². The largest absolute Gasteiger partial charge is 0.445 e. The fraction of sp³-hybridized carbons (Fsp3) is 0.500. The maximum atomic E-state index is 12.4. The van der Waals surface area contributed by atoms with Crippen LogP contribution in [0.1, 0.15) is 38.7 Å². The van der Waals surface area contributed by atoms with Gasteiger partial charge in [0.15, 0.2) is 0 Å². The molecular weight excluding hydrogens is 362 g/mol. The molecule has 0 radical (unpaired) electrons. The third-order valence-corrected chi connectivity index (χ3v) is 3.91. The van der Waals surface area contributed by atoms with Crippen LogP contribution in [0.25, 0.3) is 0 Å². The summed E-state index contributed by atoms with van der Waals surface area (Å²) >= 11 is 0. The number of unbranched alkanes of at least 4 members (excludes halogenated alkanes) is 1. The lowest BCUT2D eigenvalue weighted by Gasteiger charge is -2.22. The van der Waals surface area contributed by atoms with Crippen LogP contribution < -0.4 is 10.6 Å². The summed E-state index contributed by atoms with van der Waals surface area (Å²) in [5.41, 5.74) is 0.791. The van der Waals surface area contributed by atoms with E-state index in [1.165, 1.54) is 0 Å². The van der Waals surface area contributed by atoms with Gasteiger partial charge in [0.2, 0.25) is 11.8 Å². The highest BCUT2D eigenvalue weighted by Crippen LogP contribution is 2.04. The molecule has 0 spiro atoms. The summed E-state index contributed by atoms with van der Waals surface area (Å²) in [7, 11) is 0. The molecule has 8 heteroatoms. The van der Waals surface area contributed by atoms with Gasteiger partial charge in [0.1, 0.15) is 26.0 Å². The van der Waals surface area contributed by atoms with Crippen molar-refractivity contribution in [1.29, 1.82) is 0 Å². The molecule has 0 aliphatic rings. The highest BCUT2D eigenvalue weighted by molar-refractivity contribution is 5.87. The minimum atomic E-state index is -0.776. The summed E-state index contributed by atoms with van der Waals surface area (Å²) in [5.74, 6) is -0.918. The highest BCUT2D eigenvalue weighted by atomic mass is 16.6. The fourth-order valence-electron chi connectivity index (χ4n) is 2.46. The predicted molar refractivity (Wildman–Crippen MR) is 104 cm³/mol. The van der Waals surface area contributed by atoms with Crippen molar-refractivity contribution in [3.05, 3.63) is 35.9 Å². The summed E-state index contributed by atoms with van der Waals surface area (Å²) in [6, 6.07) is 9.06. The molecule has 0 saturated carbocycles. The van der Waals surface area contributed by atoms with E-state index in [4.69, 9.17) is 4.74 Å². The lowest BCUT2D eigenvalue weighted by molar-refractivity contribution is -0.125. The smallest absolute Gasteiger partial charge is 0.411 e. The van der Waals surface area contributed by atoms with Crippen molar-refractivity contribution in [2.24, 2.45) is 0 Å². The summed E-state index contributed by atoms with van der Waals surface area (Å²) in [4.78, 5) is 47.9. The maximum absolute atomic E-state index is 12.4. The zero-order valence-corrected chi connectivity index (χ0v) is 16.5. The van der Waals surface area contributed by atoms with E-state index in [0.29, 0.717) is 6.29 Å². The first kappa shape index (κ1) is 23.1. The molecule has 154 valence electrons. The molecule has 0 aliphatic carbocycles. The van der Waals surface area contributed by atoms with Crippen LogP contribution in [0.5, 0.6) is 0 Å². The zero-order valence-electron chi connectivity index (χ0n) is 16.5. The number of amides is 3. The van der Waals surface area contributed by atoms with Crippen molar-refractivity contribution in [1.82, 2.24) is 15.5 Å². The van der Waals surface area contributed by atoms with E-state index in [9.17, 15) is 19.2 Å². The first-order chi connectivity index (χ1) is 13.5. The number of hydrogen-bond acceptors (Lipinski definition) is 5. The van der Waals surface area contributed by atoms with Gasteiger partial charge in [-0.2, -0.15) is 0 Å². The second-order valence-electron chi connectivity index (χ2n) is 6.48. The van der Waals surface area contributed by atoms with Crippen LogP contribution in [-0.4, -0.2) is 54.8 Å². The van der Waals surface area contributed by atoms with Gasteiger partial charge in [0.05, 0.1) is 6.54 Å². The van der Waals surface area contributed by atoms with Crippen molar-refractivity contribution < 1.29 is 23.9 Å². The Labute approximate surface area is 165 Å². The number of nitrogens with zero attached hydrogens (tertiary/aromatic N) is 1. The standard InChI is InChI=1S/C20H29N3O5/c1-3-4-8-16(2)22-19(26)14-23(13-18(25)21-11-12-24)20(27)28-15-17-9-6-5-7-10-17/h5-7,9-10,12,16H,3-4,8,11,13-15H2,1-2H3,(H,21,25)(H,22,26). The van der Waals surface area contributed by atoms with E-state index >= 15 is 0 Å². The number of aldehydes is 1. The molecule has 28 heavy (non-hydrogen) atoms. The van der Waals surface area contributed by atoms with Gasteiger partial charge in [-0.25, -0.2) is 4.79 Å². The van der Waals surface area contributed by atoms with E-state index in [2.05, 4.69) is 17.6 Å². The number of hydrogen-bond donors (Lipinski definition) is 2. The quantitative estimate of drug-likeness (QED) is 0.527. The zero-order chi connectivity index (χ0) is 20.8. The molecule has 0 bridgehead atoms. The molecule has 1 unspecified atom stereocenters.